The van der Waals surface area contributed by atoms with Crippen molar-refractivity contribution >= 4 is 28.2 Å². The number of nitrogens with two attached hydrogens (primary N) is 1. The third kappa shape index (κ3) is 5.03. The predicted octanol–water partition coefficient (Wildman–Crippen LogP) is 4.59. The highest BCUT2D eigenvalue weighted by Gasteiger charge is 2.20. The molecule has 1 heterocycles. The fourth-order valence-electron chi connectivity index (χ4n) is 3.16. The van der Waals surface area contributed by atoms with Crippen LogP contribution in [0.15, 0.2) is 54.6 Å². The molecule has 0 saturated heterocycles. The molecule has 0 aliphatic rings. The SMILES string of the molecule is CCc1c(C)sc(NC(=O)c2ccc(OCCc3ccccc3)cc2)c1C(N)=O. The smallest absolute Gasteiger partial charge is 0.256 e. The lowest BCUT2D eigenvalue weighted by Crippen LogP contribution is -2.18. The van der Waals surface area contributed by atoms with Crippen molar-refractivity contribution in [3.63, 3.8) is 0 Å². The molecule has 0 unspecified atom stereocenters. The van der Waals surface area contributed by atoms with E-state index >= 15 is 0 Å². The molecule has 3 rings (SSSR count). The molecule has 0 fully saturated rings. The number of hydrogen-bond donors (Lipinski definition) is 2. The van der Waals surface area contributed by atoms with E-state index in [1.54, 1.807) is 24.3 Å². The zero-order valence-electron chi connectivity index (χ0n) is 16.5. The van der Waals surface area contributed by atoms with Gasteiger partial charge in [-0.25, -0.2) is 0 Å². The summed E-state index contributed by atoms with van der Waals surface area (Å²) >= 11 is 1.37. The molecule has 5 nitrogen and oxygen atoms in total. The van der Waals surface area contributed by atoms with Gasteiger partial charge in [-0.15, -0.1) is 11.3 Å². The van der Waals surface area contributed by atoms with Gasteiger partial charge in [0.1, 0.15) is 10.8 Å². The van der Waals surface area contributed by atoms with Crippen molar-refractivity contribution in [1.82, 2.24) is 0 Å². The molecule has 0 saturated carbocycles. The first-order valence-corrected chi connectivity index (χ1v) is 10.3. The summed E-state index contributed by atoms with van der Waals surface area (Å²) in [5.41, 5.74) is 8.52. The number of ether oxygens (including phenoxy) is 1. The highest BCUT2D eigenvalue weighted by atomic mass is 32.1. The number of aryl methyl sites for hydroxylation is 1. The maximum atomic E-state index is 12.6. The first-order chi connectivity index (χ1) is 14.0. The Morgan fingerprint density at radius 3 is 2.38 bits per heavy atom. The van der Waals surface area contributed by atoms with E-state index in [1.165, 1.54) is 16.9 Å². The van der Waals surface area contributed by atoms with Gasteiger partial charge in [-0.2, -0.15) is 0 Å². The van der Waals surface area contributed by atoms with E-state index in [0.29, 0.717) is 34.9 Å². The first-order valence-electron chi connectivity index (χ1n) is 9.49. The zero-order valence-corrected chi connectivity index (χ0v) is 17.3. The molecule has 3 N–H and O–H groups in total. The van der Waals surface area contributed by atoms with Crippen LogP contribution in [0, 0.1) is 6.92 Å². The van der Waals surface area contributed by atoms with Crippen LogP contribution in [0.3, 0.4) is 0 Å². The van der Waals surface area contributed by atoms with Gasteiger partial charge < -0.3 is 15.8 Å². The van der Waals surface area contributed by atoms with Crippen LogP contribution in [0.5, 0.6) is 5.75 Å². The van der Waals surface area contributed by atoms with E-state index in [0.717, 1.165) is 16.9 Å². The molecular formula is C23H24N2O3S. The summed E-state index contributed by atoms with van der Waals surface area (Å²) in [6.07, 6.45) is 1.50. The number of nitrogens with one attached hydrogen (secondary N) is 1. The van der Waals surface area contributed by atoms with Crippen LogP contribution in [0.25, 0.3) is 0 Å². The van der Waals surface area contributed by atoms with Crippen LogP contribution in [0.2, 0.25) is 0 Å². The molecule has 0 aliphatic carbocycles. The highest BCUT2D eigenvalue weighted by Crippen LogP contribution is 2.33. The average molecular weight is 409 g/mol. The molecule has 0 atom stereocenters. The van der Waals surface area contributed by atoms with Gasteiger partial charge in [0.05, 0.1) is 12.2 Å². The second-order valence-corrected chi connectivity index (χ2v) is 7.85. The third-order valence-corrected chi connectivity index (χ3v) is 5.72. The minimum Gasteiger partial charge on any atom is -0.493 e. The number of hydrogen-bond acceptors (Lipinski definition) is 4. The van der Waals surface area contributed by atoms with Crippen LogP contribution in [-0.2, 0) is 12.8 Å². The van der Waals surface area contributed by atoms with Gasteiger partial charge in [-0.05, 0) is 48.7 Å². The van der Waals surface area contributed by atoms with Crippen molar-refractivity contribution in [3.8, 4) is 5.75 Å². The number of carbonyl (C=O) groups is 2. The van der Waals surface area contributed by atoms with Crippen LogP contribution in [0.1, 0.15) is 43.6 Å². The number of anilines is 1. The molecule has 0 aliphatic heterocycles. The van der Waals surface area contributed by atoms with Gasteiger partial charge in [-0.1, -0.05) is 37.3 Å². The minimum atomic E-state index is -0.524. The molecule has 1 aromatic heterocycles. The Balaban J connectivity index is 1.63. The summed E-state index contributed by atoms with van der Waals surface area (Å²) in [6, 6.07) is 17.1. The maximum absolute atomic E-state index is 12.6. The minimum absolute atomic E-state index is 0.285. The average Bonchev–Trinajstić information content (AvgIpc) is 3.04. The molecule has 0 spiro atoms. The van der Waals surface area contributed by atoms with Crippen LogP contribution >= 0.6 is 11.3 Å². The van der Waals surface area contributed by atoms with Gasteiger partial charge in [0.25, 0.3) is 11.8 Å². The summed E-state index contributed by atoms with van der Waals surface area (Å²) < 4.78 is 5.76. The number of rotatable bonds is 8. The largest absolute Gasteiger partial charge is 0.493 e. The van der Waals surface area contributed by atoms with Crippen molar-refractivity contribution in [1.29, 1.82) is 0 Å². The molecular weight excluding hydrogens is 384 g/mol. The number of thiophene rings is 1. The van der Waals surface area contributed by atoms with Gasteiger partial charge in [0.15, 0.2) is 0 Å². The Labute approximate surface area is 174 Å². The molecule has 150 valence electrons. The fourth-order valence-corrected chi connectivity index (χ4v) is 4.31. The lowest BCUT2D eigenvalue weighted by Gasteiger charge is -2.08. The Morgan fingerprint density at radius 2 is 1.76 bits per heavy atom. The van der Waals surface area contributed by atoms with Crippen LogP contribution in [0.4, 0.5) is 5.00 Å². The van der Waals surface area contributed by atoms with E-state index in [1.807, 2.05) is 32.0 Å². The summed E-state index contributed by atoms with van der Waals surface area (Å²) in [5.74, 6) is -0.105. The number of carbonyl (C=O) groups excluding carboxylic acids is 2. The topological polar surface area (TPSA) is 81.4 Å². The third-order valence-electron chi connectivity index (χ3n) is 4.65. The van der Waals surface area contributed by atoms with Gasteiger partial charge in [0.2, 0.25) is 0 Å². The summed E-state index contributed by atoms with van der Waals surface area (Å²) in [7, 11) is 0. The Bertz CT molecular complexity index is 995. The number of amides is 2. The van der Waals surface area contributed by atoms with E-state index in [-0.39, 0.29) is 5.91 Å². The maximum Gasteiger partial charge on any atom is 0.256 e. The summed E-state index contributed by atoms with van der Waals surface area (Å²) in [4.78, 5) is 25.4. The van der Waals surface area contributed by atoms with Crippen LogP contribution < -0.4 is 15.8 Å². The molecule has 3 aromatic rings. The zero-order chi connectivity index (χ0) is 20.8. The monoisotopic (exact) mass is 408 g/mol. The van der Waals surface area contributed by atoms with Crippen molar-refractivity contribution < 1.29 is 14.3 Å². The highest BCUT2D eigenvalue weighted by molar-refractivity contribution is 7.16. The van der Waals surface area contributed by atoms with E-state index in [9.17, 15) is 9.59 Å². The molecule has 6 heteroatoms. The standard InChI is InChI=1S/C23H24N2O3S/c1-3-19-15(2)29-23(20(19)21(24)26)25-22(27)17-9-11-18(12-10-17)28-14-13-16-7-5-4-6-8-16/h4-12H,3,13-14H2,1-2H3,(H2,24,26)(H,25,27). The van der Waals surface area contributed by atoms with Gasteiger partial charge >= 0.3 is 0 Å². The molecule has 29 heavy (non-hydrogen) atoms. The first kappa shape index (κ1) is 20.6. The van der Waals surface area contributed by atoms with Crippen molar-refractivity contribution in [2.24, 2.45) is 5.73 Å². The predicted molar refractivity (Wildman–Crippen MR) is 117 cm³/mol. The van der Waals surface area contributed by atoms with E-state index in [2.05, 4.69) is 17.4 Å². The molecule has 0 radical (unpaired) electrons. The van der Waals surface area contributed by atoms with E-state index < -0.39 is 5.91 Å². The normalized spacial score (nSPS) is 10.6. The number of benzene rings is 2. The quantitative estimate of drug-likeness (QED) is 0.572. The fraction of sp³-hybridized carbons (Fsp3) is 0.217. The lowest BCUT2D eigenvalue weighted by atomic mass is 10.1. The van der Waals surface area contributed by atoms with Crippen molar-refractivity contribution in [3.05, 3.63) is 81.7 Å². The van der Waals surface area contributed by atoms with Crippen molar-refractivity contribution in [2.75, 3.05) is 11.9 Å². The molecule has 2 aromatic carbocycles. The Hall–Kier alpha value is -3.12. The van der Waals surface area contributed by atoms with Gasteiger partial charge in [-0.3, -0.25) is 9.59 Å². The lowest BCUT2D eigenvalue weighted by molar-refractivity contribution is 0.100. The van der Waals surface area contributed by atoms with Crippen LogP contribution in [-0.4, -0.2) is 18.4 Å². The summed E-state index contributed by atoms with van der Waals surface area (Å²) in [6.45, 7) is 4.45. The van der Waals surface area contributed by atoms with E-state index in [4.69, 9.17) is 10.5 Å². The summed E-state index contributed by atoms with van der Waals surface area (Å²) in [5, 5.41) is 3.33. The second-order valence-electron chi connectivity index (χ2n) is 6.62. The van der Waals surface area contributed by atoms with Gasteiger partial charge in [0, 0.05) is 16.9 Å². The number of primary amides is 1. The molecule has 2 amide bonds. The Morgan fingerprint density at radius 1 is 1.07 bits per heavy atom. The second kappa shape index (κ2) is 9.39. The molecule has 0 bridgehead atoms. The van der Waals surface area contributed by atoms with Crippen molar-refractivity contribution in [2.45, 2.75) is 26.7 Å². The Kier molecular flexibility index (Phi) is 6.67.